The number of carbonyl (C=O) groups excluding carboxylic acids is 2. The zero-order chi connectivity index (χ0) is 30.9. The third-order valence-electron chi connectivity index (χ3n) is 6.66. The fourth-order valence-corrected chi connectivity index (χ4v) is 6.05. The highest BCUT2D eigenvalue weighted by Gasteiger charge is 2.33. The average Bonchev–Trinajstić information content (AvgIpc) is 2.96. The second kappa shape index (κ2) is 15.2. The SMILES string of the molecule is CCOc1ccc(N(CC(=O)N(Cc2ccc(C)cc2)[C@@H](CC)C(=O)NCC(C)C)S(=O)(=O)c2ccc(Br)cc2)cc1. The Hall–Kier alpha value is -3.37. The summed E-state index contributed by atoms with van der Waals surface area (Å²) in [4.78, 5) is 29.0. The monoisotopic (exact) mass is 657 g/mol. The maximum atomic E-state index is 14.2. The summed E-state index contributed by atoms with van der Waals surface area (Å²) in [6.07, 6.45) is 0.365. The minimum atomic E-state index is -4.15. The van der Waals surface area contributed by atoms with E-state index in [1.807, 2.05) is 58.9 Å². The second-order valence-corrected chi connectivity index (χ2v) is 13.2. The fourth-order valence-electron chi connectivity index (χ4n) is 4.37. The maximum absolute atomic E-state index is 14.2. The normalized spacial score (nSPS) is 12.1. The predicted octanol–water partition coefficient (Wildman–Crippen LogP) is 5.93. The lowest BCUT2D eigenvalue weighted by atomic mass is 10.1. The number of nitrogens with zero attached hydrogens (tertiary/aromatic N) is 2. The van der Waals surface area contributed by atoms with Crippen LogP contribution in [0.5, 0.6) is 5.75 Å². The van der Waals surface area contributed by atoms with Crippen molar-refractivity contribution in [1.29, 1.82) is 0 Å². The molecule has 3 aromatic carbocycles. The highest BCUT2D eigenvalue weighted by Crippen LogP contribution is 2.27. The van der Waals surface area contributed by atoms with Gasteiger partial charge in [-0.25, -0.2) is 8.42 Å². The van der Waals surface area contributed by atoms with Gasteiger partial charge in [-0.15, -0.1) is 0 Å². The molecule has 3 aromatic rings. The molecule has 2 amide bonds. The molecule has 8 nitrogen and oxygen atoms in total. The molecule has 0 fully saturated rings. The van der Waals surface area contributed by atoms with E-state index < -0.39 is 28.5 Å². The summed E-state index contributed by atoms with van der Waals surface area (Å²) in [5.41, 5.74) is 2.22. The van der Waals surface area contributed by atoms with Crippen LogP contribution in [0.3, 0.4) is 0 Å². The van der Waals surface area contributed by atoms with E-state index in [9.17, 15) is 18.0 Å². The Morgan fingerprint density at radius 1 is 0.929 bits per heavy atom. The van der Waals surface area contributed by atoms with E-state index in [-0.39, 0.29) is 23.3 Å². The molecule has 226 valence electrons. The molecule has 0 saturated carbocycles. The summed E-state index contributed by atoms with van der Waals surface area (Å²) in [5.74, 6) is 0.0630. The first-order valence-electron chi connectivity index (χ1n) is 14.1. The maximum Gasteiger partial charge on any atom is 0.264 e. The van der Waals surface area contributed by atoms with Gasteiger partial charge in [0.25, 0.3) is 10.0 Å². The Kier molecular flexibility index (Phi) is 12.0. The topological polar surface area (TPSA) is 96.0 Å². The largest absolute Gasteiger partial charge is 0.494 e. The van der Waals surface area contributed by atoms with Gasteiger partial charge in [0.2, 0.25) is 11.8 Å². The van der Waals surface area contributed by atoms with Gasteiger partial charge in [-0.2, -0.15) is 0 Å². The van der Waals surface area contributed by atoms with Gasteiger partial charge in [0.05, 0.1) is 17.2 Å². The molecule has 0 spiro atoms. The van der Waals surface area contributed by atoms with E-state index in [0.717, 1.165) is 19.9 Å². The van der Waals surface area contributed by atoms with Gasteiger partial charge < -0.3 is 15.0 Å². The lowest BCUT2D eigenvalue weighted by Gasteiger charge is -2.33. The van der Waals surface area contributed by atoms with E-state index in [1.54, 1.807) is 36.4 Å². The van der Waals surface area contributed by atoms with Crippen molar-refractivity contribution in [3.63, 3.8) is 0 Å². The predicted molar refractivity (Wildman–Crippen MR) is 170 cm³/mol. The Labute approximate surface area is 258 Å². The number of benzene rings is 3. The van der Waals surface area contributed by atoms with E-state index in [4.69, 9.17) is 4.74 Å². The Balaban J connectivity index is 2.04. The van der Waals surface area contributed by atoms with Gasteiger partial charge in [-0.1, -0.05) is 66.5 Å². The summed E-state index contributed by atoms with van der Waals surface area (Å²) in [6.45, 7) is 10.3. The van der Waals surface area contributed by atoms with Crippen molar-refractivity contribution in [3.05, 3.63) is 88.4 Å². The molecule has 0 saturated heterocycles. The van der Waals surface area contributed by atoms with Gasteiger partial charge in [0, 0.05) is 17.6 Å². The van der Waals surface area contributed by atoms with E-state index in [2.05, 4.69) is 21.2 Å². The van der Waals surface area contributed by atoms with Crippen LogP contribution in [0.15, 0.2) is 82.2 Å². The third kappa shape index (κ3) is 8.82. The number of ether oxygens (including phenoxy) is 1. The number of rotatable bonds is 14. The number of aryl methyl sites for hydroxylation is 1. The summed E-state index contributed by atoms with van der Waals surface area (Å²) in [7, 11) is -4.15. The van der Waals surface area contributed by atoms with Crippen molar-refractivity contribution in [2.45, 2.75) is 58.5 Å². The van der Waals surface area contributed by atoms with Crippen LogP contribution in [-0.4, -0.2) is 50.9 Å². The zero-order valence-corrected chi connectivity index (χ0v) is 27.2. The molecule has 3 rings (SSSR count). The molecule has 0 radical (unpaired) electrons. The van der Waals surface area contributed by atoms with Gasteiger partial charge in [0.1, 0.15) is 18.3 Å². The molecule has 0 aromatic heterocycles. The fraction of sp³-hybridized carbons (Fsp3) is 0.375. The summed E-state index contributed by atoms with van der Waals surface area (Å²) < 4.78 is 35.3. The highest BCUT2D eigenvalue weighted by atomic mass is 79.9. The molecule has 1 atom stereocenters. The van der Waals surface area contributed by atoms with Crippen LogP contribution in [0.25, 0.3) is 0 Å². The number of hydrogen-bond donors (Lipinski definition) is 1. The lowest BCUT2D eigenvalue weighted by molar-refractivity contribution is -0.140. The molecular weight excluding hydrogens is 618 g/mol. The number of hydrogen-bond acceptors (Lipinski definition) is 5. The van der Waals surface area contributed by atoms with Crippen LogP contribution in [0.2, 0.25) is 0 Å². The van der Waals surface area contributed by atoms with E-state index in [0.29, 0.717) is 31.0 Å². The first-order valence-corrected chi connectivity index (χ1v) is 16.3. The molecule has 42 heavy (non-hydrogen) atoms. The van der Waals surface area contributed by atoms with E-state index >= 15 is 0 Å². The van der Waals surface area contributed by atoms with Gasteiger partial charge in [-0.05, 0) is 80.3 Å². The molecule has 0 aliphatic heterocycles. The number of sulfonamides is 1. The number of anilines is 1. The number of halogens is 1. The third-order valence-corrected chi connectivity index (χ3v) is 8.98. The molecule has 0 heterocycles. The van der Waals surface area contributed by atoms with Crippen LogP contribution in [-0.2, 0) is 26.2 Å². The standard InChI is InChI=1S/C32H40BrN3O5S/c1-6-30(32(38)34-20-23(3)4)35(21-25-10-8-24(5)9-11-25)31(37)22-36(27-14-16-28(17-15-27)41-7-2)42(39,40)29-18-12-26(33)13-19-29/h8-19,23,30H,6-7,20-22H2,1-5H3,(H,34,38)/t30-/m0/s1. The van der Waals surface area contributed by atoms with Crippen molar-refractivity contribution >= 4 is 43.5 Å². The minimum Gasteiger partial charge on any atom is -0.494 e. The zero-order valence-electron chi connectivity index (χ0n) is 24.8. The molecule has 0 unspecified atom stereocenters. The molecule has 0 bridgehead atoms. The van der Waals surface area contributed by atoms with Gasteiger partial charge in [-0.3, -0.25) is 13.9 Å². The number of carbonyl (C=O) groups is 2. The van der Waals surface area contributed by atoms with Crippen LogP contribution in [0, 0.1) is 12.8 Å². The van der Waals surface area contributed by atoms with Crippen molar-refractivity contribution < 1.29 is 22.7 Å². The Morgan fingerprint density at radius 3 is 2.10 bits per heavy atom. The Morgan fingerprint density at radius 2 is 1.55 bits per heavy atom. The van der Waals surface area contributed by atoms with Crippen LogP contribution in [0.1, 0.15) is 45.2 Å². The second-order valence-electron chi connectivity index (χ2n) is 10.5. The molecular formula is C32H40BrN3O5S. The van der Waals surface area contributed by atoms with Crippen molar-refractivity contribution in [3.8, 4) is 5.75 Å². The van der Waals surface area contributed by atoms with Crippen LogP contribution in [0.4, 0.5) is 5.69 Å². The van der Waals surface area contributed by atoms with E-state index in [1.165, 1.54) is 17.0 Å². The summed E-state index contributed by atoms with van der Waals surface area (Å²) >= 11 is 3.35. The number of amides is 2. The van der Waals surface area contributed by atoms with Crippen molar-refractivity contribution in [2.24, 2.45) is 5.92 Å². The molecule has 1 N–H and O–H groups in total. The Bertz CT molecular complexity index is 1430. The first kappa shape index (κ1) is 33.1. The summed E-state index contributed by atoms with van der Waals surface area (Å²) in [6, 6.07) is 19.8. The van der Waals surface area contributed by atoms with Gasteiger partial charge >= 0.3 is 0 Å². The minimum absolute atomic E-state index is 0.0409. The quantitative estimate of drug-likeness (QED) is 0.232. The highest BCUT2D eigenvalue weighted by molar-refractivity contribution is 9.10. The lowest BCUT2D eigenvalue weighted by Crippen LogP contribution is -2.52. The number of nitrogens with one attached hydrogen (secondary N) is 1. The van der Waals surface area contributed by atoms with Gasteiger partial charge in [0.15, 0.2) is 0 Å². The molecule has 0 aliphatic carbocycles. The van der Waals surface area contributed by atoms with Crippen LogP contribution < -0.4 is 14.4 Å². The van der Waals surface area contributed by atoms with Crippen molar-refractivity contribution in [1.82, 2.24) is 10.2 Å². The van der Waals surface area contributed by atoms with Crippen molar-refractivity contribution in [2.75, 3.05) is 24.0 Å². The molecule has 0 aliphatic rings. The smallest absolute Gasteiger partial charge is 0.264 e. The first-order chi connectivity index (χ1) is 20.0. The average molecular weight is 659 g/mol. The van der Waals surface area contributed by atoms with Crippen LogP contribution >= 0.6 is 15.9 Å². The molecule has 10 heteroatoms. The summed E-state index contributed by atoms with van der Waals surface area (Å²) in [5, 5.41) is 2.94.